The van der Waals surface area contributed by atoms with Crippen LogP contribution >= 0.6 is 0 Å². The molecule has 0 aliphatic heterocycles. The number of nitrogens with zero attached hydrogens (tertiary/aromatic N) is 2. The third-order valence-corrected chi connectivity index (χ3v) is 1.76. The van der Waals surface area contributed by atoms with E-state index in [0.29, 0.717) is 0 Å². The topological polar surface area (TPSA) is 17.8 Å². The Morgan fingerprint density at radius 1 is 1.45 bits per heavy atom. The van der Waals surface area contributed by atoms with E-state index in [0.717, 1.165) is 12.5 Å². The first-order valence-corrected chi connectivity index (χ1v) is 4.25. The lowest BCUT2D eigenvalue weighted by Crippen LogP contribution is -1.96. The van der Waals surface area contributed by atoms with Crippen LogP contribution in [-0.2, 0) is 6.54 Å². The molecule has 0 saturated carbocycles. The minimum Gasteiger partial charge on any atom is -0.337 e. The molecule has 0 spiro atoms. The molecule has 62 valence electrons. The summed E-state index contributed by atoms with van der Waals surface area (Å²) in [6.45, 7) is 5.62. The Kier molecular flexibility index (Phi) is 3.14. The van der Waals surface area contributed by atoms with Crippen LogP contribution in [0.3, 0.4) is 0 Å². The number of rotatable bonds is 4. The molecule has 0 saturated heterocycles. The van der Waals surface area contributed by atoms with Gasteiger partial charge in [-0.3, -0.25) is 0 Å². The van der Waals surface area contributed by atoms with Crippen molar-refractivity contribution in [3.63, 3.8) is 0 Å². The van der Waals surface area contributed by atoms with Gasteiger partial charge in [-0.1, -0.05) is 13.8 Å². The molecule has 1 heterocycles. The van der Waals surface area contributed by atoms with Gasteiger partial charge in [0.1, 0.15) is 0 Å². The van der Waals surface area contributed by atoms with Crippen molar-refractivity contribution in [1.82, 2.24) is 9.55 Å². The third kappa shape index (κ3) is 3.21. The van der Waals surface area contributed by atoms with E-state index in [2.05, 4.69) is 23.4 Å². The van der Waals surface area contributed by atoms with Crippen molar-refractivity contribution in [2.24, 2.45) is 5.92 Å². The van der Waals surface area contributed by atoms with Crippen LogP contribution in [0.1, 0.15) is 26.7 Å². The van der Waals surface area contributed by atoms with Crippen molar-refractivity contribution in [2.45, 2.75) is 33.2 Å². The normalized spacial score (nSPS) is 10.8. The summed E-state index contributed by atoms with van der Waals surface area (Å²) in [6.07, 6.45) is 8.28. The number of hydrogen-bond donors (Lipinski definition) is 0. The lowest BCUT2D eigenvalue weighted by Gasteiger charge is -2.04. The van der Waals surface area contributed by atoms with Crippen LogP contribution in [0.4, 0.5) is 0 Å². The van der Waals surface area contributed by atoms with Gasteiger partial charge in [-0.15, -0.1) is 0 Å². The van der Waals surface area contributed by atoms with Crippen molar-refractivity contribution in [3.05, 3.63) is 18.7 Å². The molecule has 0 unspecified atom stereocenters. The lowest BCUT2D eigenvalue weighted by atomic mass is 10.1. The average Bonchev–Trinajstić information content (AvgIpc) is 2.39. The Morgan fingerprint density at radius 2 is 2.27 bits per heavy atom. The van der Waals surface area contributed by atoms with Gasteiger partial charge in [-0.2, -0.15) is 0 Å². The Balaban J connectivity index is 2.14. The fourth-order valence-electron chi connectivity index (χ4n) is 1.10. The first-order chi connectivity index (χ1) is 5.29. The predicted octanol–water partition coefficient (Wildman–Crippen LogP) is 2.32. The number of hydrogen-bond acceptors (Lipinski definition) is 1. The fraction of sp³-hybridized carbons (Fsp3) is 0.667. The second kappa shape index (κ2) is 4.16. The van der Waals surface area contributed by atoms with Gasteiger partial charge in [-0.25, -0.2) is 4.98 Å². The van der Waals surface area contributed by atoms with Gasteiger partial charge in [0.15, 0.2) is 0 Å². The minimum absolute atomic E-state index is 0.818. The van der Waals surface area contributed by atoms with Gasteiger partial charge < -0.3 is 4.57 Å². The standard InChI is InChI=1S/C9H16N2/c1-9(2)4-3-6-11-7-5-10-8-11/h5,7-9H,3-4,6H2,1-2H3. The van der Waals surface area contributed by atoms with Gasteiger partial charge in [0.25, 0.3) is 0 Å². The van der Waals surface area contributed by atoms with Crippen molar-refractivity contribution in [3.8, 4) is 0 Å². The fourth-order valence-corrected chi connectivity index (χ4v) is 1.10. The predicted molar refractivity (Wildman–Crippen MR) is 46.3 cm³/mol. The maximum absolute atomic E-state index is 3.98. The summed E-state index contributed by atoms with van der Waals surface area (Å²) in [7, 11) is 0. The summed E-state index contributed by atoms with van der Waals surface area (Å²) in [4.78, 5) is 3.98. The number of aromatic nitrogens is 2. The summed E-state index contributed by atoms with van der Waals surface area (Å²) in [5.74, 6) is 0.818. The smallest absolute Gasteiger partial charge is 0.0945 e. The zero-order valence-corrected chi connectivity index (χ0v) is 7.33. The molecule has 0 aliphatic carbocycles. The summed E-state index contributed by atoms with van der Waals surface area (Å²) >= 11 is 0. The van der Waals surface area contributed by atoms with Gasteiger partial charge in [0.2, 0.25) is 0 Å². The average molecular weight is 152 g/mol. The van der Waals surface area contributed by atoms with E-state index >= 15 is 0 Å². The molecule has 0 N–H and O–H groups in total. The van der Waals surface area contributed by atoms with E-state index in [4.69, 9.17) is 0 Å². The van der Waals surface area contributed by atoms with Crippen LogP contribution in [0.2, 0.25) is 0 Å². The summed E-state index contributed by atoms with van der Waals surface area (Å²) in [5, 5.41) is 0. The third-order valence-electron chi connectivity index (χ3n) is 1.76. The molecule has 2 heteroatoms. The van der Waals surface area contributed by atoms with E-state index in [-0.39, 0.29) is 0 Å². The molecule has 1 aromatic heterocycles. The second-order valence-electron chi connectivity index (χ2n) is 3.34. The van der Waals surface area contributed by atoms with Crippen LogP contribution < -0.4 is 0 Å². The summed E-state index contributed by atoms with van der Waals surface area (Å²) in [5.41, 5.74) is 0. The highest BCUT2D eigenvalue weighted by Gasteiger charge is 1.93. The van der Waals surface area contributed by atoms with Gasteiger partial charge >= 0.3 is 0 Å². The quantitative estimate of drug-likeness (QED) is 0.647. The number of aryl methyl sites for hydroxylation is 1. The van der Waals surface area contributed by atoms with E-state index in [1.165, 1.54) is 12.8 Å². The molecule has 0 aliphatic rings. The van der Waals surface area contributed by atoms with E-state index in [1.54, 1.807) is 0 Å². The molecule has 0 amide bonds. The molecule has 0 fully saturated rings. The van der Waals surface area contributed by atoms with Crippen molar-refractivity contribution >= 4 is 0 Å². The van der Waals surface area contributed by atoms with Crippen LogP contribution in [0.5, 0.6) is 0 Å². The maximum Gasteiger partial charge on any atom is 0.0945 e. The van der Waals surface area contributed by atoms with E-state index < -0.39 is 0 Å². The van der Waals surface area contributed by atoms with Gasteiger partial charge in [0.05, 0.1) is 6.33 Å². The van der Waals surface area contributed by atoms with Crippen molar-refractivity contribution in [2.75, 3.05) is 0 Å². The zero-order valence-electron chi connectivity index (χ0n) is 7.33. The highest BCUT2D eigenvalue weighted by Crippen LogP contribution is 2.04. The first kappa shape index (κ1) is 8.31. The molecule has 2 nitrogen and oxygen atoms in total. The second-order valence-corrected chi connectivity index (χ2v) is 3.34. The van der Waals surface area contributed by atoms with E-state index in [1.807, 2.05) is 18.7 Å². The van der Waals surface area contributed by atoms with E-state index in [9.17, 15) is 0 Å². The van der Waals surface area contributed by atoms with Gasteiger partial charge in [-0.05, 0) is 18.8 Å². The maximum atomic E-state index is 3.98. The largest absolute Gasteiger partial charge is 0.337 e. The minimum atomic E-state index is 0.818. The van der Waals surface area contributed by atoms with Crippen LogP contribution in [0.25, 0.3) is 0 Å². The number of imidazole rings is 1. The lowest BCUT2D eigenvalue weighted by molar-refractivity contribution is 0.512. The monoisotopic (exact) mass is 152 g/mol. The molecular formula is C9H16N2. The molecule has 0 bridgehead atoms. The molecule has 0 atom stereocenters. The SMILES string of the molecule is CC(C)CCCn1ccnc1. The van der Waals surface area contributed by atoms with Crippen molar-refractivity contribution in [1.29, 1.82) is 0 Å². The highest BCUT2D eigenvalue weighted by atomic mass is 15.0. The van der Waals surface area contributed by atoms with Crippen LogP contribution in [-0.4, -0.2) is 9.55 Å². The molecular weight excluding hydrogens is 136 g/mol. The molecule has 0 radical (unpaired) electrons. The Bertz CT molecular complexity index is 177. The zero-order chi connectivity index (χ0) is 8.10. The highest BCUT2D eigenvalue weighted by molar-refractivity contribution is 4.73. The van der Waals surface area contributed by atoms with Crippen LogP contribution in [0, 0.1) is 5.92 Å². The van der Waals surface area contributed by atoms with Crippen molar-refractivity contribution < 1.29 is 0 Å². The molecule has 1 aromatic rings. The molecule has 0 aromatic carbocycles. The van der Waals surface area contributed by atoms with Gasteiger partial charge in [0, 0.05) is 18.9 Å². The summed E-state index contributed by atoms with van der Waals surface area (Å²) < 4.78 is 2.13. The first-order valence-electron chi connectivity index (χ1n) is 4.25. The Hall–Kier alpha value is -0.790. The molecule has 11 heavy (non-hydrogen) atoms. The Labute approximate surface area is 68.3 Å². The Morgan fingerprint density at radius 3 is 2.82 bits per heavy atom. The summed E-state index contributed by atoms with van der Waals surface area (Å²) in [6, 6.07) is 0. The molecule has 1 rings (SSSR count). The van der Waals surface area contributed by atoms with Crippen LogP contribution in [0.15, 0.2) is 18.7 Å².